The highest BCUT2D eigenvalue weighted by Crippen LogP contribution is 2.08. The van der Waals surface area contributed by atoms with Crippen LogP contribution in [0.4, 0.5) is 0 Å². The van der Waals surface area contributed by atoms with Crippen molar-refractivity contribution in [3.63, 3.8) is 0 Å². The molecule has 0 radical (unpaired) electrons. The molecule has 0 unspecified atom stereocenters. The minimum absolute atomic E-state index is 0. The number of amides is 1. The molecule has 2 N–H and O–H groups in total. The second-order valence-electron chi connectivity index (χ2n) is 5.26. The number of benzene rings is 1. The fraction of sp³-hybridized carbons (Fsp3) is 0.294. The third-order valence-corrected chi connectivity index (χ3v) is 4.18. The van der Waals surface area contributed by atoms with Crippen molar-refractivity contribution in [1.82, 2.24) is 15.5 Å². The van der Waals surface area contributed by atoms with Gasteiger partial charge in [0.15, 0.2) is 5.96 Å². The van der Waals surface area contributed by atoms with Crippen LogP contribution < -0.4 is 10.6 Å². The molecule has 2 rings (SSSR count). The molecule has 0 spiro atoms. The summed E-state index contributed by atoms with van der Waals surface area (Å²) in [7, 11) is 5.25. The van der Waals surface area contributed by atoms with Gasteiger partial charge >= 0.3 is 0 Å². The Morgan fingerprint density at radius 1 is 1.12 bits per heavy atom. The zero-order valence-electron chi connectivity index (χ0n) is 14.1. The van der Waals surface area contributed by atoms with E-state index in [2.05, 4.69) is 27.1 Å². The van der Waals surface area contributed by atoms with Crippen molar-refractivity contribution in [2.75, 3.05) is 21.1 Å². The number of guanidine groups is 1. The Bertz CT molecular complexity index is 654. The van der Waals surface area contributed by atoms with Crippen LogP contribution in [-0.4, -0.2) is 37.9 Å². The Kier molecular flexibility index (Phi) is 8.77. The van der Waals surface area contributed by atoms with Gasteiger partial charge in [-0.05, 0) is 29.1 Å². The molecule has 0 aliphatic heterocycles. The minimum atomic E-state index is 0. The topological polar surface area (TPSA) is 56.7 Å². The summed E-state index contributed by atoms with van der Waals surface area (Å²) < 4.78 is 0. The first-order valence-corrected chi connectivity index (χ1v) is 8.25. The average Bonchev–Trinajstić information content (AvgIpc) is 3.08. The van der Waals surface area contributed by atoms with E-state index in [1.165, 1.54) is 4.88 Å². The number of carbonyl (C=O) groups is 1. The minimum Gasteiger partial charge on any atom is -0.352 e. The zero-order valence-corrected chi connectivity index (χ0v) is 17.2. The molecule has 0 fully saturated rings. The normalized spacial score (nSPS) is 10.7. The molecule has 0 atom stereocenters. The lowest BCUT2D eigenvalue weighted by molar-refractivity contribution is 0.0827. The van der Waals surface area contributed by atoms with Gasteiger partial charge in [0.25, 0.3) is 5.91 Å². The van der Waals surface area contributed by atoms with Crippen LogP contribution in [0.2, 0.25) is 0 Å². The molecular weight excluding hydrogens is 435 g/mol. The number of thiophene rings is 1. The third-order valence-electron chi connectivity index (χ3n) is 3.30. The van der Waals surface area contributed by atoms with Gasteiger partial charge in [0.1, 0.15) is 0 Å². The van der Waals surface area contributed by atoms with Crippen molar-refractivity contribution in [2.45, 2.75) is 13.1 Å². The molecule has 24 heavy (non-hydrogen) atoms. The van der Waals surface area contributed by atoms with Crippen LogP contribution in [0, 0.1) is 0 Å². The zero-order chi connectivity index (χ0) is 16.7. The quantitative estimate of drug-likeness (QED) is 0.412. The molecule has 1 amide bonds. The summed E-state index contributed by atoms with van der Waals surface area (Å²) in [6, 6.07) is 11.7. The summed E-state index contributed by atoms with van der Waals surface area (Å²) in [5, 5.41) is 8.60. The summed E-state index contributed by atoms with van der Waals surface area (Å²) >= 11 is 1.72. The van der Waals surface area contributed by atoms with E-state index in [1.807, 2.05) is 30.3 Å². The highest BCUT2D eigenvalue weighted by molar-refractivity contribution is 14.0. The molecule has 1 heterocycles. The summed E-state index contributed by atoms with van der Waals surface area (Å²) in [6.45, 7) is 1.41. The smallest absolute Gasteiger partial charge is 0.253 e. The van der Waals surface area contributed by atoms with Crippen LogP contribution in [0.1, 0.15) is 20.8 Å². The van der Waals surface area contributed by atoms with Crippen LogP contribution in [0.3, 0.4) is 0 Å². The van der Waals surface area contributed by atoms with Crippen LogP contribution in [0.15, 0.2) is 46.8 Å². The Morgan fingerprint density at radius 3 is 2.33 bits per heavy atom. The maximum absolute atomic E-state index is 11.8. The summed E-state index contributed by atoms with van der Waals surface area (Å²) in [5.74, 6) is 0.768. The Morgan fingerprint density at radius 2 is 1.79 bits per heavy atom. The molecule has 0 saturated carbocycles. The first-order chi connectivity index (χ1) is 11.1. The molecule has 130 valence electrons. The van der Waals surface area contributed by atoms with E-state index in [9.17, 15) is 4.79 Å². The van der Waals surface area contributed by atoms with E-state index >= 15 is 0 Å². The Balaban J connectivity index is 0.00000288. The van der Waals surface area contributed by atoms with E-state index in [0.717, 1.165) is 18.1 Å². The molecule has 7 heteroatoms. The number of nitrogens with zero attached hydrogens (tertiary/aromatic N) is 2. The van der Waals surface area contributed by atoms with Crippen LogP contribution in [-0.2, 0) is 13.1 Å². The van der Waals surface area contributed by atoms with Crippen molar-refractivity contribution < 1.29 is 4.79 Å². The van der Waals surface area contributed by atoms with E-state index in [-0.39, 0.29) is 29.9 Å². The molecule has 0 saturated heterocycles. The third kappa shape index (κ3) is 6.12. The lowest BCUT2D eigenvalue weighted by atomic mass is 10.1. The molecule has 0 aliphatic rings. The first kappa shape index (κ1) is 20.4. The summed E-state index contributed by atoms with van der Waals surface area (Å²) in [6.07, 6.45) is 0. The van der Waals surface area contributed by atoms with E-state index in [0.29, 0.717) is 12.1 Å². The second-order valence-corrected chi connectivity index (χ2v) is 6.29. The standard InChI is InChI=1S/C17H22N4OS.HI/c1-18-17(20-12-15-5-4-10-23-15)19-11-13-6-8-14(9-7-13)16(22)21(2)3;/h4-10H,11-12H2,1-3H3,(H2,18,19,20);1H. The van der Waals surface area contributed by atoms with Crippen molar-refractivity contribution in [3.8, 4) is 0 Å². The first-order valence-electron chi connectivity index (χ1n) is 7.37. The SMILES string of the molecule is CN=C(NCc1ccc(C(=O)N(C)C)cc1)NCc1cccs1.I. The summed E-state index contributed by atoms with van der Waals surface area (Å²) in [4.78, 5) is 18.9. The van der Waals surface area contributed by atoms with Gasteiger partial charge in [-0.2, -0.15) is 0 Å². The van der Waals surface area contributed by atoms with Gasteiger partial charge in [-0.25, -0.2) is 0 Å². The lowest BCUT2D eigenvalue weighted by Crippen LogP contribution is -2.36. The van der Waals surface area contributed by atoms with Crippen molar-refractivity contribution in [3.05, 3.63) is 57.8 Å². The van der Waals surface area contributed by atoms with E-state index < -0.39 is 0 Å². The molecule has 0 bridgehead atoms. The fourth-order valence-electron chi connectivity index (χ4n) is 2.01. The fourth-order valence-corrected chi connectivity index (χ4v) is 2.66. The molecule has 2 aromatic rings. The van der Waals surface area contributed by atoms with Gasteiger partial charge < -0.3 is 15.5 Å². The van der Waals surface area contributed by atoms with Crippen LogP contribution in [0.5, 0.6) is 0 Å². The van der Waals surface area contributed by atoms with Gasteiger partial charge in [-0.1, -0.05) is 18.2 Å². The van der Waals surface area contributed by atoms with Gasteiger partial charge in [-0.15, -0.1) is 35.3 Å². The summed E-state index contributed by atoms with van der Waals surface area (Å²) in [5.41, 5.74) is 1.79. The van der Waals surface area contributed by atoms with Gasteiger partial charge in [0, 0.05) is 38.1 Å². The van der Waals surface area contributed by atoms with E-state index in [1.54, 1.807) is 37.4 Å². The molecule has 1 aromatic heterocycles. The Labute approximate surface area is 164 Å². The van der Waals surface area contributed by atoms with Crippen molar-refractivity contribution in [2.24, 2.45) is 4.99 Å². The molecular formula is C17H23IN4OS. The predicted molar refractivity (Wildman–Crippen MR) is 111 cm³/mol. The highest BCUT2D eigenvalue weighted by Gasteiger charge is 2.07. The number of rotatable bonds is 5. The Hall–Kier alpha value is -1.61. The number of halogens is 1. The number of hydrogen-bond donors (Lipinski definition) is 2. The van der Waals surface area contributed by atoms with Crippen LogP contribution in [0.25, 0.3) is 0 Å². The maximum atomic E-state index is 11.8. The number of nitrogens with one attached hydrogen (secondary N) is 2. The lowest BCUT2D eigenvalue weighted by Gasteiger charge is -2.12. The molecule has 1 aromatic carbocycles. The van der Waals surface area contributed by atoms with Gasteiger partial charge in [-0.3, -0.25) is 9.79 Å². The maximum Gasteiger partial charge on any atom is 0.253 e. The predicted octanol–water partition coefficient (Wildman–Crippen LogP) is 2.93. The average molecular weight is 458 g/mol. The number of aliphatic imine (C=N–C) groups is 1. The number of hydrogen-bond acceptors (Lipinski definition) is 3. The monoisotopic (exact) mass is 458 g/mol. The number of carbonyl (C=O) groups excluding carboxylic acids is 1. The van der Waals surface area contributed by atoms with Crippen LogP contribution >= 0.6 is 35.3 Å². The van der Waals surface area contributed by atoms with E-state index in [4.69, 9.17) is 0 Å². The van der Waals surface area contributed by atoms with Crippen molar-refractivity contribution >= 4 is 47.2 Å². The van der Waals surface area contributed by atoms with Crippen molar-refractivity contribution in [1.29, 1.82) is 0 Å². The second kappa shape index (κ2) is 10.3. The molecule has 0 aliphatic carbocycles. The molecule has 5 nitrogen and oxygen atoms in total. The van der Waals surface area contributed by atoms with Gasteiger partial charge in [0.2, 0.25) is 0 Å². The largest absolute Gasteiger partial charge is 0.352 e. The van der Waals surface area contributed by atoms with Gasteiger partial charge in [0.05, 0.1) is 6.54 Å². The highest BCUT2D eigenvalue weighted by atomic mass is 127.